The highest BCUT2D eigenvalue weighted by molar-refractivity contribution is 5.73. The monoisotopic (exact) mass is 283 g/mol. The highest BCUT2D eigenvalue weighted by Crippen LogP contribution is 2.28. The van der Waals surface area contributed by atoms with Gasteiger partial charge in [0.25, 0.3) is 0 Å². The molecule has 0 saturated carbocycles. The van der Waals surface area contributed by atoms with Gasteiger partial charge in [-0.15, -0.1) is 0 Å². The SMILES string of the molecule is CCCCCCCC[C@@H](C(=O)OC)[C@@H](N)C(F)(F)F. The summed E-state index contributed by atoms with van der Waals surface area (Å²) in [6.07, 6.45) is 1.23. The molecule has 0 aromatic carbocycles. The Kier molecular flexibility index (Phi) is 8.80. The lowest BCUT2D eigenvalue weighted by Crippen LogP contribution is -2.47. The second kappa shape index (κ2) is 9.18. The van der Waals surface area contributed by atoms with E-state index in [0.29, 0.717) is 6.42 Å². The molecule has 2 N–H and O–H groups in total. The van der Waals surface area contributed by atoms with E-state index in [1.165, 1.54) is 0 Å². The molecule has 0 aliphatic rings. The predicted molar refractivity (Wildman–Crippen MR) is 67.5 cm³/mol. The average molecular weight is 283 g/mol. The number of nitrogens with two attached hydrogens (primary N) is 1. The summed E-state index contributed by atoms with van der Waals surface area (Å²) in [6, 6.07) is -2.14. The van der Waals surface area contributed by atoms with E-state index in [2.05, 4.69) is 11.7 Å². The highest BCUT2D eigenvalue weighted by atomic mass is 19.4. The summed E-state index contributed by atoms with van der Waals surface area (Å²) in [7, 11) is 1.08. The molecule has 0 saturated heterocycles. The smallest absolute Gasteiger partial charge is 0.404 e. The lowest BCUT2D eigenvalue weighted by molar-refractivity contribution is -0.175. The van der Waals surface area contributed by atoms with Crippen molar-refractivity contribution in [3.8, 4) is 0 Å². The van der Waals surface area contributed by atoms with E-state index in [1.807, 2.05) is 0 Å². The molecule has 0 aliphatic carbocycles. The fraction of sp³-hybridized carbons (Fsp3) is 0.923. The number of halogens is 3. The molecule has 0 unspecified atom stereocenters. The zero-order chi connectivity index (χ0) is 14.9. The van der Waals surface area contributed by atoms with Gasteiger partial charge in [-0.1, -0.05) is 45.4 Å². The fourth-order valence-corrected chi connectivity index (χ4v) is 1.97. The van der Waals surface area contributed by atoms with E-state index in [4.69, 9.17) is 5.73 Å². The molecular formula is C13H24F3NO2. The summed E-state index contributed by atoms with van der Waals surface area (Å²) in [5.74, 6) is -2.17. The molecule has 0 spiro atoms. The van der Waals surface area contributed by atoms with Crippen LogP contribution in [-0.4, -0.2) is 25.3 Å². The number of hydrogen-bond acceptors (Lipinski definition) is 3. The van der Waals surface area contributed by atoms with Crippen LogP contribution in [0.15, 0.2) is 0 Å². The molecule has 0 aromatic heterocycles. The molecule has 0 heterocycles. The van der Waals surface area contributed by atoms with Crippen LogP contribution in [0.1, 0.15) is 51.9 Å². The van der Waals surface area contributed by atoms with E-state index in [1.54, 1.807) is 0 Å². The molecule has 0 amide bonds. The van der Waals surface area contributed by atoms with Gasteiger partial charge in [0.15, 0.2) is 0 Å². The zero-order valence-electron chi connectivity index (χ0n) is 11.6. The number of hydrogen-bond donors (Lipinski definition) is 1. The third-order valence-corrected chi connectivity index (χ3v) is 3.18. The van der Waals surface area contributed by atoms with Crippen molar-refractivity contribution >= 4 is 5.97 Å². The summed E-state index contributed by atoms with van der Waals surface area (Å²) in [4.78, 5) is 11.4. The molecular weight excluding hydrogens is 259 g/mol. The molecule has 0 aromatic rings. The number of carbonyl (C=O) groups excluding carboxylic acids is 1. The van der Waals surface area contributed by atoms with Crippen LogP contribution in [0.5, 0.6) is 0 Å². The third kappa shape index (κ3) is 7.40. The van der Waals surface area contributed by atoms with E-state index < -0.39 is 24.1 Å². The molecule has 3 nitrogen and oxygen atoms in total. The number of alkyl halides is 3. The maximum atomic E-state index is 12.5. The molecule has 6 heteroatoms. The van der Waals surface area contributed by atoms with Crippen LogP contribution in [0, 0.1) is 5.92 Å². The topological polar surface area (TPSA) is 52.3 Å². The van der Waals surface area contributed by atoms with Gasteiger partial charge in [-0.05, 0) is 6.42 Å². The summed E-state index contributed by atoms with van der Waals surface area (Å²) < 4.78 is 42.0. The Morgan fingerprint density at radius 2 is 1.68 bits per heavy atom. The Balaban J connectivity index is 4.19. The van der Waals surface area contributed by atoms with Gasteiger partial charge in [0.05, 0.1) is 13.0 Å². The summed E-state index contributed by atoms with van der Waals surface area (Å²) in [5.41, 5.74) is 5.11. The zero-order valence-corrected chi connectivity index (χ0v) is 11.6. The minimum absolute atomic E-state index is 0.124. The minimum atomic E-state index is -4.57. The molecule has 19 heavy (non-hydrogen) atoms. The van der Waals surface area contributed by atoms with Crippen molar-refractivity contribution in [2.75, 3.05) is 7.11 Å². The third-order valence-electron chi connectivity index (χ3n) is 3.18. The highest BCUT2D eigenvalue weighted by Gasteiger charge is 2.45. The van der Waals surface area contributed by atoms with Crippen molar-refractivity contribution in [2.45, 2.75) is 64.1 Å². The molecule has 0 bridgehead atoms. The van der Waals surface area contributed by atoms with Crippen molar-refractivity contribution in [1.82, 2.24) is 0 Å². The first kappa shape index (κ1) is 18.2. The standard InChI is InChI=1S/C13H24F3NO2/c1-3-4-5-6-7-8-9-10(12(18)19-2)11(17)13(14,15)16/h10-11H,3-9,17H2,1-2H3/t10-,11-/m1/s1. The number of rotatable bonds is 9. The van der Waals surface area contributed by atoms with Gasteiger partial charge in [-0.25, -0.2) is 0 Å². The molecule has 2 atom stereocenters. The first-order valence-corrected chi connectivity index (χ1v) is 6.74. The van der Waals surface area contributed by atoms with Gasteiger partial charge >= 0.3 is 12.1 Å². The lowest BCUT2D eigenvalue weighted by Gasteiger charge is -2.23. The maximum absolute atomic E-state index is 12.5. The number of carbonyl (C=O) groups is 1. The van der Waals surface area contributed by atoms with Crippen LogP contribution in [0.2, 0.25) is 0 Å². The first-order chi connectivity index (χ1) is 8.84. The Morgan fingerprint density at radius 3 is 2.16 bits per heavy atom. The van der Waals surface area contributed by atoms with E-state index in [-0.39, 0.29) is 6.42 Å². The van der Waals surface area contributed by atoms with Crippen LogP contribution >= 0.6 is 0 Å². The van der Waals surface area contributed by atoms with Crippen molar-refractivity contribution < 1.29 is 22.7 Å². The van der Waals surface area contributed by atoms with Gasteiger partial charge in [0.2, 0.25) is 0 Å². The average Bonchev–Trinajstić information content (AvgIpc) is 2.35. The first-order valence-electron chi connectivity index (χ1n) is 6.74. The molecule has 114 valence electrons. The molecule has 0 rings (SSSR count). The molecule has 0 radical (unpaired) electrons. The summed E-state index contributed by atoms with van der Waals surface area (Å²) >= 11 is 0. The van der Waals surface area contributed by atoms with Crippen molar-refractivity contribution in [2.24, 2.45) is 11.7 Å². The van der Waals surface area contributed by atoms with Crippen LogP contribution in [0.25, 0.3) is 0 Å². The number of unbranched alkanes of at least 4 members (excludes halogenated alkanes) is 5. The number of methoxy groups -OCH3 is 1. The Bertz CT molecular complexity index is 257. The lowest BCUT2D eigenvalue weighted by atomic mass is 9.93. The Morgan fingerprint density at radius 1 is 1.16 bits per heavy atom. The van der Waals surface area contributed by atoms with Gasteiger partial charge in [-0.2, -0.15) is 13.2 Å². The van der Waals surface area contributed by atoms with Crippen molar-refractivity contribution in [1.29, 1.82) is 0 Å². The van der Waals surface area contributed by atoms with E-state index >= 15 is 0 Å². The molecule has 0 fully saturated rings. The second-order valence-corrected chi connectivity index (χ2v) is 4.75. The van der Waals surface area contributed by atoms with E-state index in [0.717, 1.165) is 39.2 Å². The van der Waals surface area contributed by atoms with Gasteiger partial charge < -0.3 is 10.5 Å². The van der Waals surface area contributed by atoms with Crippen molar-refractivity contribution in [3.63, 3.8) is 0 Å². The largest absolute Gasteiger partial charge is 0.469 e. The van der Waals surface area contributed by atoms with Crippen molar-refractivity contribution in [3.05, 3.63) is 0 Å². The number of esters is 1. The quantitative estimate of drug-likeness (QED) is 0.521. The predicted octanol–water partition coefficient (Wildman–Crippen LogP) is 3.42. The van der Waals surface area contributed by atoms with Gasteiger partial charge in [-0.3, -0.25) is 4.79 Å². The second-order valence-electron chi connectivity index (χ2n) is 4.75. The summed E-state index contributed by atoms with van der Waals surface area (Å²) in [5, 5.41) is 0. The van der Waals surface area contributed by atoms with E-state index in [9.17, 15) is 18.0 Å². The van der Waals surface area contributed by atoms with Gasteiger partial charge in [0.1, 0.15) is 6.04 Å². The Hall–Kier alpha value is -0.780. The Labute approximate surface area is 112 Å². The maximum Gasteiger partial charge on any atom is 0.404 e. The normalized spacial score (nSPS) is 15.1. The van der Waals surface area contributed by atoms with Crippen LogP contribution in [0.4, 0.5) is 13.2 Å². The van der Waals surface area contributed by atoms with Gasteiger partial charge in [0, 0.05) is 0 Å². The number of ether oxygens (including phenoxy) is 1. The van der Waals surface area contributed by atoms with Crippen LogP contribution < -0.4 is 5.73 Å². The van der Waals surface area contributed by atoms with Crippen LogP contribution in [-0.2, 0) is 9.53 Å². The fourth-order valence-electron chi connectivity index (χ4n) is 1.97. The summed E-state index contributed by atoms with van der Waals surface area (Å²) in [6.45, 7) is 2.09. The minimum Gasteiger partial charge on any atom is -0.469 e. The van der Waals surface area contributed by atoms with Crippen LogP contribution in [0.3, 0.4) is 0 Å². The molecule has 0 aliphatic heterocycles.